The van der Waals surface area contributed by atoms with E-state index in [1.165, 1.54) is 0 Å². The molecule has 3 rings (SSSR count). The molecule has 31 heavy (non-hydrogen) atoms. The summed E-state index contributed by atoms with van der Waals surface area (Å²) in [5, 5.41) is 0. The first kappa shape index (κ1) is 22.4. The first-order chi connectivity index (χ1) is 14.6. The molecule has 1 aromatic carbocycles. The first-order valence-corrected chi connectivity index (χ1v) is 9.70. The highest BCUT2D eigenvalue weighted by molar-refractivity contribution is 5.97. The molecule has 0 aliphatic carbocycles. The molecule has 2 heterocycles. The number of hydrogen-bond donors (Lipinski definition) is 0. The Hall–Kier alpha value is -3.29. The maximum atomic E-state index is 12.9. The van der Waals surface area contributed by atoms with E-state index in [2.05, 4.69) is 0 Å². The van der Waals surface area contributed by atoms with Crippen LogP contribution in [0.15, 0.2) is 53.5 Å². The van der Waals surface area contributed by atoms with Crippen molar-refractivity contribution >= 4 is 5.78 Å². The topological polar surface area (TPSA) is 53.2 Å². The highest BCUT2D eigenvalue weighted by atomic mass is 19.4. The zero-order chi connectivity index (χ0) is 22.8. The summed E-state index contributed by atoms with van der Waals surface area (Å²) in [5.41, 5.74) is 1.47. The third-order valence-electron chi connectivity index (χ3n) is 5.28. The van der Waals surface area contributed by atoms with Crippen molar-refractivity contribution in [2.75, 3.05) is 7.11 Å². The predicted octanol–water partition coefficient (Wildman–Crippen LogP) is 4.42. The normalized spacial score (nSPS) is 11.5. The Kier molecular flexibility index (Phi) is 6.38. The molecule has 0 spiro atoms. The van der Waals surface area contributed by atoms with Gasteiger partial charge in [0.2, 0.25) is 0 Å². The average molecular weight is 432 g/mol. The Morgan fingerprint density at radius 2 is 1.74 bits per heavy atom. The van der Waals surface area contributed by atoms with E-state index in [1.807, 2.05) is 35.8 Å². The van der Waals surface area contributed by atoms with E-state index in [4.69, 9.17) is 4.74 Å². The lowest BCUT2D eigenvalue weighted by Gasteiger charge is -2.11. The van der Waals surface area contributed by atoms with Crippen LogP contribution < -0.4 is 10.3 Å². The number of rotatable bonds is 7. The Balaban J connectivity index is 1.78. The number of aryl methyl sites for hydroxylation is 2. The van der Waals surface area contributed by atoms with Gasteiger partial charge in [-0.15, -0.1) is 0 Å². The second-order valence-corrected chi connectivity index (χ2v) is 7.34. The Labute approximate surface area is 177 Å². The lowest BCUT2D eigenvalue weighted by atomic mass is 10.1. The molecule has 0 atom stereocenters. The number of ether oxygens (including phenoxy) is 1. The van der Waals surface area contributed by atoms with Gasteiger partial charge in [-0.25, -0.2) is 0 Å². The van der Waals surface area contributed by atoms with Gasteiger partial charge in [0.15, 0.2) is 5.78 Å². The van der Waals surface area contributed by atoms with Crippen LogP contribution >= 0.6 is 0 Å². The van der Waals surface area contributed by atoms with Crippen LogP contribution in [-0.4, -0.2) is 22.0 Å². The van der Waals surface area contributed by atoms with Crippen molar-refractivity contribution in [3.05, 3.63) is 87.1 Å². The van der Waals surface area contributed by atoms with Crippen molar-refractivity contribution in [1.82, 2.24) is 9.13 Å². The summed E-state index contributed by atoms with van der Waals surface area (Å²) in [5.74, 6) is 0.361. The molecular formula is C23H23F3N2O3. The molecule has 0 saturated heterocycles. The van der Waals surface area contributed by atoms with Gasteiger partial charge in [-0.2, -0.15) is 13.2 Å². The van der Waals surface area contributed by atoms with Crippen LogP contribution in [0.25, 0.3) is 0 Å². The average Bonchev–Trinajstić information content (AvgIpc) is 3.01. The molecule has 0 N–H and O–H groups in total. The van der Waals surface area contributed by atoms with Gasteiger partial charge >= 0.3 is 6.18 Å². The molecule has 0 aliphatic heterocycles. The molecule has 0 radical (unpaired) electrons. The molecule has 2 aromatic heterocycles. The van der Waals surface area contributed by atoms with Gasteiger partial charge in [-0.05, 0) is 50.1 Å². The summed E-state index contributed by atoms with van der Waals surface area (Å²) in [6.07, 6.45) is -3.17. The van der Waals surface area contributed by atoms with Crippen molar-refractivity contribution in [3.8, 4) is 5.75 Å². The third-order valence-corrected chi connectivity index (χ3v) is 5.28. The predicted molar refractivity (Wildman–Crippen MR) is 111 cm³/mol. The maximum Gasteiger partial charge on any atom is 0.417 e. The second kappa shape index (κ2) is 8.83. The fraction of sp³-hybridized carbons (Fsp3) is 0.304. The lowest BCUT2D eigenvalue weighted by Crippen LogP contribution is -2.25. The van der Waals surface area contributed by atoms with E-state index in [9.17, 15) is 22.8 Å². The number of alkyl halides is 3. The van der Waals surface area contributed by atoms with E-state index in [0.29, 0.717) is 24.4 Å². The summed E-state index contributed by atoms with van der Waals surface area (Å²) >= 11 is 0. The van der Waals surface area contributed by atoms with Crippen molar-refractivity contribution in [1.29, 1.82) is 0 Å². The number of carbonyl (C=O) groups is 1. The number of aromatic nitrogens is 2. The molecule has 5 nitrogen and oxygen atoms in total. The molecule has 0 unspecified atom stereocenters. The van der Waals surface area contributed by atoms with Crippen LogP contribution in [0.1, 0.15) is 32.9 Å². The number of nitrogens with zero attached hydrogens (tertiary/aromatic N) is 2. The molecule has 0 amide bonds. The minimum atomic E-state index is -4.59. The van der Waals surface area contributed by atoms with E-state index >= 15 is 0 Å². The first-order valence-electron chi connectivity index (χ1n) is 9.70. The van der Waals surface area contributed by atoms with E-state index < -0.39 is 29.6 Å². The van der Waals surface area contributed by atoms with Crippen molar-refractivity contribution in [3.63, 3.8) is 0 Å². The summed E-state index contributed by atoms with van der Waals surface area (Å²) in [4.78, 5) is 24.7. The summed E-state index contributed by atoms with van der Waals surface area (Å²) in [6.45, 7) is 3.85. The fourth-order valence-electron chi connectivity index (χ4n) is 3.52. The van der Waals surface area contributed by atoms with Crippen LogP contribution in [0.3, 0.4) is 0 Å². The fourth-order valence-corrected chi connectivity index (χ4v) is 3.52. The van der Waals surface area contributed by atoms with Gasteiger partial charge in [0, 0.05) is 35.8 Å². The molecule has 0 fully saturated rings. The molecular weight excluding hydrogens is 409 g/mol. The van der Waals surface area contributed by atoms with Crippen LogP contribution in [-0.2, 0) is 25.7 Å². The van der Waals surface area contributed by atoms with Crippen LogP contribution in [0.4, 0.5) is 13.2 Å². The largest absolute Gasteiger partial charge is 0.497 e. The van der Waals surface area contributed by atoms with Gasteiger partial charge in [0.25, 0.3) is 5.56 Å². The van der Waals surface area contributed by atoms with Crippen LogP contribution in [0.2, 0.25) is 0 Å². The number of pyridine rings is 1. The number of methoxy groups -OCH3 is 1. The molecule has 0 aliphatic rings. The standard InChI is InChI=1S/C23H23F3N2O3/c1-15-12-20(16(2)28(15)11-10-17-4-7-19(31-3)8-5-17)21(29)14-27-13-18(23(24,25)26)6-9-22(27)30/h4-9,12-13H,10-11,14H2,1-3H3. The van der Waals surface area contributed by atoms with Crippen molar-refractivity contribution in [2.24, 2.45) is 0 Å². The SMILES string of the molecule is COc1ccc(CCn2c(C)cc(C(=O)Cn3cc(C(F)(F)F)ccc3=O)c2C)cc1. The number of Topliss-reactive ketones (excluding diaryl/α,β-unsaturated/α-hetero) is 1. The molecule has 164 valence electrons. The lowest BCUT2D eigenvalue weighted by molar-refractivity contribution is -0.138. The molecule has 3 aromatic rings. The van der Waals surface area contributed by atoms with Gasteiger partial charge in [-0.3, -0.25) is 9.59 Å². The smallest absolute Gasteiger partial charge is 0.417 e. The number of carbonyl (C=O) groups excluding carboxylic acids is 1. The van der Waals surface area contributed by atoms with Gasteiger partial charge < -0.3 is 13.9 Å². The summed E-state index contributed by atoms with van der Waals surface area (Å²) in [6, 6.07) is 11.0. The zero-order valence-corrected chi connectivity index (χ0v) is 17.5. The number of halogens is 3. The van der Waals surface area contributed by atoms with E-state index in [0.717, 1.165) is 39.8 Å². The van der Waals surface area contributed by atoms with E-state index in [1.54, 1.807) is 20.1 Å². The molecule has 8 heteroatoms. The van der Waals surface area contributed by atoms with E-state index in [-0.39, 0.29) is 0 Å². The Morgan fingerprint density at radius 3 is 2.35 bits per heavy atom. The minimum absolute atomic E-state index is 0.400. The zero-order valence-electron chi connectivity index (χ0n) is 17.5. The van der Waals surface area contributed by atoms with Gasteiger partial charge in [-0.1, -0.05) is 12.1 Å². The second-order valence-electron chi connectivity index (χ2n) is 7.34. The summed E-state index contributed by atoms with van der Waals surface area (Å²) < 4.78 is 46.8. The quantitative estimate of drug-likeness (QED) is 0.520. The van der Waals surface area contributed by atoms with Gasteiger partial charge in [0.05, 0.1) is 19.2 Å². The Morgan fingerprint density at radius 1 is 1.06 bits per heavy atom. The highest BCUT2D eigenvalue weighted by Crippen LogP contribution is 2.28. The Bertz CT molecular complexity index is 1140. The third kappa shape index (κ3) is 5.07. The molecule has 0 saturated carbocycles. The molecule has 0 bridgehead atoms. The van der Waals surface area contributed by atoms with Crippen LogP contribution in [0, 0.1) is 13.8 Å². The highest BCUT2D eigenvalue weighted by Gasteiger charge is 2.31. The summed E-state index contributed by atoms with van der Waals surface area (Å²) in [7, 11) is 1.60. The minimum Gasteiger partial charge on any atom is -0.497 e. The number of hydrogen-bond acceptors (Lipinski definition) is 3. The maximum absolute atomic E-state index is 12.9. The van der Waals surface area contributed by atoms with Crippen molar-refractivity contribution < 1.29 is 22.7 Å². The number of ketones is 1. The van der Waals surface area contributed by atoms with Crippen molar-refractivity contribution in [2.45, 2.75) is 39.5 Å². The monoisotopic (exact) mass is 432 g/mol. The van der Waals surface area contributed by atoms with Gasteiger partial charge in [0.1, 0.15) is 5.75 Å². The van der Waals surface area contributed by atoms with Crippen LogP contribution in [0.5, 0.6) is 5.75 Å². The number of benzene rings is 1.